The molecule has 2 nitrogen and oxygen atoms in total. The van der Waals surface area contributed by atoms with E-state index in [0.717, 1.165) is 5.56 Å². The number of anilines is 1. The van der Waals surface area contributed by atoms with Crippen LogP contribution in [0.3, 0.4) is 0 Å². The lowest BCUT2D eigenvalue weighted by atomic mass is 9.93. The fourth-order valence-corrected chi connectivity index (χ4v) is 4.64. The molecule has 2 fully saturated rings. The summed E-state index contributed by atoms with van der Waals surface area (Å²) in [5.74, 6) is 7.28. The monoisotopic (exact) mass is 369 g/mol. The second kappa shape index (κ2) is 7.78. The lowest BCUT2D eigenvalue weighted by Crippen LogP contribution is -2.45. The predicted octanol–water partition coefficient (Wildman–Crippen LogP) is 6.19. The molecule has 0 heterocycles. The average Bonchev–Trinajstić information content (AvgIpc) is 3.39. The highest BCUT2D eigenvalue weighted by atomic mass is 28.4. The van der Waals surface area contributed by atoms with Gasteiger partial charge in [-0.1, -0.05) is 32.6 Å². The fourth-order valence-electron chi connectivity index (χ4n) is 3.22. The van der Waals surface area contributed by atoms with Gasteiger partial charge < -0.3 is 9.74 Å². The maximum Gasteiger partial charge on any atom is 0.192 e. The SMILES string of the molecule is CC(C)(C)[Si](C)(C)OC1CCC(Nc2ccc(C#CC3CC3)cc2)CC1. The van der Waals surface area contributed by atoms with Gasteiger partial charge in [-0.15, -0.1) is 0 Å². The number of nitrogens with one attached hydrogen (secondary N) is 1. The van der Waals surface area contributed by atoms with Gasteiger partial charge in [0.2, 0.25) is 0 Å². The minimum Gasteiger partial charge on any atom is -0.414 e. The van der Waals surface area contributed by atoms with Gasteiger partial charge in [0, 0.05) is 29.3 Å². The molecule has 0 amide bonds. The van der Waals surface area contributed by atoms with Crippen molar-refractivity contribution in [2.75, 3.05) is 5.32 Å². The Morgan fingerprint density at radius 1 is 0.962 bits per heavy atom. The van der Waals surface area contributed by atoms with Crippen LogP contribution in [0.15, 0.2) is 24.3 Å². The van der Waals surface area contributed by atoms with Crippen LogP contribution in [-0.2, 0) is 4.43 Å². The molecule has 0 bridgehead atoms. The molecule has 26 heavy (non-hydrogen) atoms. The Bertz CT molecular complexity index is 650. The summed E-state index contributed by atoms with van der Waals surface area (Å²) in [4.78, 5) is 0. The summed E-state index contributed by atoms with van der Waals surface area (Å²) in [5, 5.41) is 4.00. The van der Waals surface area contributed by atoms with Crippen LogP contribution in [0.4, 0.5) is 5.69 Å². The van der Waals surface area contributed by atoms with E-state index >= 15 is 0 Å². The van der Waals surface area contributed by atoms with E-state index in [1.807, 2.05) is 0 Å². The van der Waals surface area contributed by atoms with Crippen LogP contribution in [0.1, 0.15) is 64.9 Å². The first-order chi connectivity index (χ1) is 12.2. The Balaban J connectivity index is 1.46. The van der Waals surface area contributed by atoms with E-state index in [0.29, 0.717) is 23.1 Å². The summed E-state index contributed by atoms with van der Waals surface area (Å²) in [5.41, 5.74) is 2.35. The highest BCUT2D eigenvalue weighted by Gasteiger charge is 2.39. The van der Waals surface area contributed by atoms with Gasteiger partial charge in [0.15, 0.2) is 8.32 Å². The van der Waals surface area contributed by atoms with E-state index < -0.39 is 8.32 Å². The number of benzene rings is 1. The summed E-state index contributed by atoms with van der Waals surface area (Å²) in [6, 6.07) is 9.20. The van der Waals surface area contributed by atoms with Crippen molar-refractivity contribution in [2.45, 2.75) is 89.6 Å². The van der Waals surface area contributed by atoms with Crippen molar-refractivity contribution in [2.24, 2.45) is 5.92 Å². The van der Waals surface area contributed by atoms with Gasteiger partial charge in [0.1, 0.15) is 0 Å². The fraction of sp³-hybridized carbons (Fsp3) is 0.652. The van der Waals surface area contributed by atoms with Crippen LogP contribution in [0, 0.1) is 17.8 Å². The van der Waals surface area contributed by atoms with Crippen LogP contribution >= 0.6 is 0 Å². The molecule has 2 saturated carbocycles. The van der Waals surface area contributed by atoms with E-state index in [-0.39, 0.29) is 0 Å². The number of hydrogen-bond donors (Lipinski definition) is 1. The molecule has 0 saturated heterocycles. The van der Waals surface area contributed by atoms with Crippen LogP contribution in [0.5, 0.6) is 0 Å². The largest absolute Gasteiger partial charge is 0.414 e. The van der Waals surface area contributed by atoms with E-state index in [1.54, 1.807) is 0 Å². The van der Waals surface area contributed by atoms with Gasteiger partial charge in [-0.2, -0.15) is 0 Å². The second-order valence-corrected chi connectivity index (χ2v) is 14.4. The topological polar surface area (TPSA) is 21.3 Å². The normalized spacial score (nSPS) is 23.9. The summed E-state index contributed by atoms with van der Waals surface area (Å²) >= 11 is 0. The third-order valence-corrected chi connectivity index (χ3v) is 10.7. The third-order valence-electron chi connectivity index (χ3n) is 6.20. The molecule has 1 N–H and O–H groups in total. The molecule has 0 spiro atoms. The van der Waals surface area contributed by atoms with Crippen molar-refractivity contribution >= 4 is 14.0 Å². The zero-order chi connectivity index (χ0) is 18.8. The van der Waals surface area contributed by atoms with Gasteiger partial charge >= 0.3 is 0 Å². The Labute approximate surface area is 161 Å². The molecule has 0 aromatic heterocycles. The zero-order valence-electron chi connectivity index (χ0n) is 17.2. The quantitative estimate of drug-likeness (QED) is 0.504. The van der Waals surface area contributed by atoms with Crippen molar-refractivity contribution in [3.05, 3.63) is 29.8 Å². The second-order valence-electron chi connectivity index (χ2n) is 9.62. The first-order valence-corrected chi connectivity index (χ1v) is 13.2. The standard InChI is InChI=1S/C23H35NOSi/c1-23(2,3)26(4,5)25-22-16-14-21(15-17-22)24-20-12-10-19(11-13-20)9-8-18-6-7-18/h10-13,18,21-22,24H,6-7,14-17H2,1-5H3. The Hall–Kier alpha value is -1.24. The maximum absolute atomic E-state index is 6.60. The molecule has 2 aliphatic rings. The first-order valence-electron chi connectivity index (χ1n) is 10.3. The Morgan fingerprint density at radius 3 is 2.12 bits per heavy atom. The molecular formula is C23H35NOSi. The lowest BCUT2D eigenvalue weighted by Gasteiger charge is -2.41. The third kappa shape index (κ3) is 5.38. The number of rotatable bonds is 4. The van der Waals surface area contributed by atoms with Crippen molar-refractivity contribution in [3.8, 4) is 11.8 Å². The van der Waals surface area contributed by atoms with Crippen LogP contribution in [0.2, 0.25) is 18.1 Å². The van der Waals surface area contributed by atoms with Crippen LogP contribution in [-0.4, -0.2) is 20.5 Å². The summed E-state index contributed by atoms with van der Waals surface area (Å²) < 4.78 is 6.60. The lowest BCUT2D eigenvalue weighted by molar-refractivity contribution is 0.133. The summed E-state index contributed by atoms with van der Waals surface area (Å²) in [6.07, 6.45) is 7.77. The average molecular weight is 370 g/mol. The highest BCUT2D eigenvalue weighted by Crippen LogP contribution is 2.39. The molecule has 0 aliphatic heterocycles. The van der Waals surface area contributed by atoms with Crippen molar-refractivity contribution in [1.82, 2.24) is 0 Å². The predicted molar refractivity (Wildman–Crippen MR) is 114 cm³/mol. The minimum atomic E-state index is -1.64. The Morgan fingerprint density at radius 2 is 1.58 bits per heavy atom. The molecule has 1 aromatic rings. The summed E-state index contributed by atoms with van der Waals surface area (Å²) in [6.45, 7) is 11.7. The van der Waals surface area contributed by atoms with Crippen LogP contribution in [0.25, 0.3) is 0 Å². The highest BCUT2D eigenvalue weighted by molar-refractivity contribution is 6.74. The zero-order valence-corrected chi connectivity index (χ0v) is 18.2. The Kier molecular flexibility index (Phi) is 5.84. The molecule has 0 radical (unpaired) electrons. The van der Waals surface area contributed by atoms with E-state index in [4.69, 9.17) is 4.43 Å². The van der Waals surface area contributed by atoms with Gasteiger partial charge in [-0.3, -0.25) is 0 Å². The first kappa shape index (κ1) is 19.5. The van der Waals surface area contributed by atoms with Crippen molar-refractivity contribution < 1.29 is 4.43 Å². The van der Waals surface area contributed by atoms with Gasteiger partial charge in [-0.25, -0.2) is 0 Å². The van der Waals surface area contributed by atoms with E-state index in [2.05, 4.69) is 75.3 Å². The van der Waals surface area contributed by atoms with E-state index in [1.165, 1.54) is 44.2 Å². The molecule has 3 heteroatoms. The molecule has 0 unspecified atom stereocenters. The molecular weight excluding hydrogens is 334 g/mol. The molecule has 3 rings (SSSR count). The van der Waals surface area contributed by atoms with Crippen LogP contribution < -0.4 is 5.32 Å². The van der Waals surface area contributed by atoms with Gasteiger partial charge in [0.25, 0.3) is 0 Å². The molecule has 2 aliphatic carbocycles. The van der Waals surface area contributed by atoms with Gasteiger partial charge in [-0.05, 0) is 80.9 Å². The molecule has 142 valence electrons. The van der Waals surface area contributed by atoms with Gasteiger partial charge in [0.05, 0.1) is 0 Å². The van der Waals surface area contributed by atoms with Crippen molar-refractivity contribution in [3.63, 3.8) is 0 Å². The molecule has 1 aromatic carbocycles. The summed E-state index contributed by atoms with van der Waals surface area (Å²) in [7, 11) is -1.64. The molecule has 0 atom stereocenters. The smallest absolute Gasteiger partial charge is 0.192 e. The maximum atomic E-state index is 6.60. The van der Waals surface area contributed by atoms with Crippen molar-refractivity contribution in [1.29, 1.82) is 0 Å². The van der Waals surface area contributed by atoms with E-state index in [9.17, 15) is 0 Å². The number of hydrogen-bond acceptors (Lipinski definition) is 2. The minimum absolute atomic E-state index is 0.298.